The summed E-state index contributed by atoms with van der Waals surface area (Å²) < 4.78 is 1.67. The molecule has 20 heavy (non-hydrogen) atoms. The Kier molecular flexibility index (Phi) is 4.79. The predicted molar refractivity (Wildman–Crippen MR) is 81.0 cm³/mol. The van der Waals surface area contributed by atoms with E-state index in [-0.39, 0.29) is 0 Å². The molecule has 3 N–H and O–H groups in total. The lowest BCUT2D eigenvalue weighted by Gasteiger charge is -2.06. The summed E-state index contributed by atoms with van der Waals surface area (Å²) in [5.41, 5.74) is 7.49. The molecule has 0 fully saturated rings. The van der Waals surface area contributed by atoms with Crippen LogP contribution in [0.5, 0.6) is 0 Å². The first-order valence-corrected chi connectivity index (χ1v) is 6.95. The van der Waals surface area contributed by atoms with Gasteiger partial charge in [-0.15, -0.1) is 0 Å². The van der Waals surface area contributed by atoms with Crippen molar-refractivity contribution >= 4 is 23.2 Å². The lowest BCUT2D eigenvalue weighted by atomic mass is 10.2. The summed E-state index contributed by atoms with van der Waals surface area (Å²) in [6, 6.07) is 0. The van der Waals surface area contributed by atoms with E-state index in [1.807, 2.05) is 6.20 Å². The molecule has 0 amide bonds. The van der Waals surface area contributed by atoms with Crippen molar-refractivity contribution in [3.63, 3.8) is 0 Å². The third kappa shape index (κ3) is 3.84. The Hall–Kier alpha value is -1.82. The molecule has 2 aromatic rings. The second-order valence-electron chi connectivity index (χ2n) is 5.02. The molecule has 0 saturated carbocycles. The van der Waals surface area contributed by atoms with Gasteiger partial charge in [-0.25, -0.2) is 9.50 Å². The van der Waals surface area contributed by atoms with E-state index in [9.17, 15) is 0 Å². The number of fused-ring (bicyclic) bond motifs is 1. The summed E-state index contributed by atoms with van der Waals surface area (Å²) in [6.07, 6.45) is 6.09. The molecule has 2 rings (SSSR count). The predicted octanol–water partition coefficient (Wildman–Crippen LogP) is 1.49. The van der Waals surface area contributed by atoms with Gasteiger partial charge < -0.3 is 11.1 Å². The minimum atomic E-state index is 0.481. The van der Waals surface area contributed by atoms with Crippen molar-refractivity contribution in [3.05, 3.63) is 29.2 Å². The van der Waals surface area contributed by atoms with Gasteiger partial charge in [0.15, 0.2) is 11.6 Å². The smallest absolute Gasteiger partial charge is 0.188 e. The summed E-state index contributed by atoms with van der Waals surface area (Å²) in [5.74, 6) is 0.987. The van der Waals surface area contributed by atoms with E-state index >= 15 is 0 Å². The minimum absolute atomic E-state index is 0.481. The molecule has 6 nitrogen and oxygen atoms in total. The molecule has 0 radical (unpaired) electrons. The fourth-order valence-electron chi connectivity index (χ4n) is 1.69. The second-order valence-corrected chi connectivity index (χ2v) is 5.43. The summed E-state index contributed by atoms with van der Waals surface area (Å²) in [7, 11) is 0. The third-order valence-corrected chi connectivity index (χ3v) is 2.98. The van der Waals surface area contributed by atoms with Crippen LogP contribution in [0.25, 0.3) is 5.65 Å². The summed E-state index contributed by atoms with van der Waals surface area (Å²) >= 11 is 5.94. The monoisotopic (exact) mass is 294 g/mol. The molecule has 0 aliphatic carbocycles. The van der Waals surface area contributed by atoms with Crippen LogP contribution in [0.1, 0.15) is 19.4 Å². The van der Waals surface area contributed by atoms with Gasteiger partial charge in [0.25, 0.3) is 0 Å². The lowest BCUT2D eigenvalue weighted by molar-refractivity contribution is 0.661. The van der Waals surface area contributed by atoms with Crippen LogP contribution >= 0.6 is 11.6 Å². The van der Waals surface area contributed by atoms with Gasteiger partial charge in [0, 0.05) is 25.5 Å². The first kappa shape index (κ1) is 14.6. The van der Waals surface area contributed by atoms with Gasteiger partial charge in [-0.1, -0.05) is 25.4 Å². The zero-order valence-electron chi connectivity index (χ0n) is 11.7. The Labute approximate surface area is 123 Å². The minimum Gasteiger partial charge on any atom is -0.370 e. The molecular weight excluding hydrogens is 276 g/mol. The van der Waals surface area contributed by atoms with Crippen LogP contribution in [0.4, 0.5) is 0 Å². The highest BCUT2D eigenvalue weighted by Crippen LogP contribution is 2.13. The number of hydrogen-bond donors (Lipinski definition) is 2. The number of aromatic nitrogens is 3. The maximum atomic E-state index is 5.94. The average Bonchev–Trinajstić information content (AvgIpc) is 2.78. The third-order valence-electron chi connectivity index (χ3n) is 2.71. The Morgan fingerprint density at radius 1 is 1.50 bits per heavy atom. The number of nitrogens with one attached hydrogen (secondary N) is 1. The molecule has 108 valence electrons. The number of nitrogens with zero attached hydrogens (tertiary/aromatic N) is 4. The molecule has 0 aliphatic heterocycles. The highest BCUT2D eigenvalue weighted by atomic mass is 35.5. The topological polar surface area (TPSA) is 80.6 Å². The molecular formula is C13H19ClN6. The van der Waals surface area contributed by atoms with Crippen LogP contribution in [0, 0.1) is 5.92 Å². The zero-order chi connectivity index (χ0) is 14.5. The van der Waals surface area contributed by atoms with Crippen molar-refractivity contribution in [2.24, 2.45) is 16.6 Å². The number of aliphatic imine (C=N–C) groups is 1. The maximum absolute atomic E-state index is 5.94. The van der Waals surface area contributed by atoms with E-state index in [4.69, 9.17) is 17.3 Å². The van der Waals surface area contributed by atoms with Gasteiger partial charge in [-0.2, -0.15) is 5.10 Å². The Balaban J connectivity index is 1.88. The molecule has 0 atom stereocenters. The van der Waals surface area contributed by atoms with E-state index in [2.05, 4.69) is 34.2 Å². The Morgan fingerprint density at radius 2 is 2.30 bits per heavy atom. The SMILES string of the molecule is CC(C)CN=C(N)NCCc1cnc2c(Cl)cnn2c1. The first-order valence-electron chi connectivity index (χ1n) is 6.58. The number of nitrogens with two attached hydrogens (primary N) is 1. The van der Waals surface area contributed by atoms with E-state index in [0.717, 1.165) is 18.5 Å². The van der Waals surface area contributed by atoms with Gasteiger partial charge in [0.2, 0.25) is 0 Å². The van der Waals surface area contributed by atoms with E-state index in [0.29, 0.717) is 29.1 Å². The van der Waals surface area contributed by atoms with Gasteiger partial charge in [0.1, 0.15) is 5.02 Å². The van der Waals surface area contributed by atoms with Crippen molar-refractivity contribution in [1.29, 1.82) is 0 Å². The molecule has 7 heteroatoms. The molecule has 0 spiro atoms. The highest BCUT2D eigenvalue weighted by molar-refractivity contribution is 6.33. The van der Waals surface area contributed by atoms with Crippen LogP contribution in [0.15, 0.2) is 23.6 Å². The second kappa shape index (κ2) is 6.56. The summed E-state index contributed by atoms with van der Waals surface area (Å²) in [6.45, 7) is 5.65. The normalized spacial score (nSPS) is 12.3. The van der Waals surface area contributed by atoms with Crippen LogP contribution < -0.4 is 11.1 Å². The highest BCUT2D eigenvalue weighted by Gasteiger charge is 2.03. The number of guanidine groups is 1. The molecule has 2 aromatic heterocycles. The fraction of sp³-hybridized carbons (Fsp3) is 0.462. The Morgan fingerprint density at radius 3 is 3.05 bits per heavy atom. The van der Waals surface area contributed by atoms with Crippen molar-refractivity contribution in [2.45, 2.75) is 20.3 Å². The number of halogens is 1. The largest absolute Gasteiger partial charge is 0.370 e. The van der Waals surface area contributed by atoms with Crippen LogP contribution in [0.2, 0.25) is 5.02 Å². The van der Waals surface area contributed by atoms with Crippen LogP contribution in [-0.4, -0.2) is 33.6 Å². The number of hydrogen-bond acceptors (Lipinski definition) is 3. The Bertz CT molecular complexity index is 604. The van der Waals surface area contributed by atoms with Crippen LogP contribution in [0.3, 0.4) is 0 Å². The van der Waals surface area contributed by atoms with Gasteiger partial charge in [0.05, 0.1) is 6.20 Å². The quantitative estimate of drug-likeness (QED) is 0.647. The molecule has 0 bridgehead atoms. The van der Waals surface area contributed by atoms with Crippen molar-refractivity contribution in [3.8, 4) is 0 Å². The van der Waals surface area contributed by atoms with E-state index in [1.165, 1.54) is 0 Å². The van der Waals surface area contributed by atoms with Gasteiger partial charge in [-0.3, -0.25) is 4.99 Å². The van der Waals surface area contributed by atoms with E-state index in [1.54, 1.807) is 16.9 Å². The first-order chi connectivity index (χ1) is 9.56. The maximum Gasteiger partial charge on any atom is 0.188 e. The van der Waals surface area contributed by atoms with Crippen LogP contribution in [-0.2, 0) is 6.42 Å². The number of rotatable bonds is 5. The molecule has 0 aromatic carbocycles. The average molecular weight is 295 g/mol. The van der Waals surface area contributed by atoms with Gasteiger partial charge >= 0.3 is 0 Å². The molecule has 0 unspecified atom stereocenters. The van der Waals surface area contributed by atoms with Crippen molar-refractivity contribution in [2.75, 3.05) is 13.1 Å². The van der Waals surface area contributed by atoms with Crippen molar-refractivity contribution < 1.29 is 0 Å². The standard InChI is InChI=1S/C13H19ClN6/c1-9(2)5-18-13(15)16-4-3-10-6-17-12-11(14)7-19-20(12)8-10/h6-9H,3-5H2,1-2H3,(H3,15,16,18). The summed E-state index contributed by atoms with van der Waals surface area (Å²) in [5, 5.41) is 7.76. The molecule has 0 saturated heterocycles. The van der Waals surface area contributed by atoms with Gasteiger partial charge in [-0.05, 0) is 17.9 Å². The summed E-state index contributed by atoms with van der Waals surface area (Å²) in [4.78, 5) is 8.52. The molecule has 0 aliphatic rings. The fourth-order valence-corrected chi connectivity index (χ4v) is 1.86. The van der Waals surface area contributed by atoms with Crippen molar-refractivity contribution in [1.82, 2.24) is 19.9 Å². The zero-order valence-corrected chi connectivity index (χ0v) is 12.4. The lowest BCUT2D eigenvalue weighted by Crippen LogP contribution is -2.33. The molecule has 2 heterocycles. The van der Waals surface area contributed by atoms with E-state index < -0.39 is 0 Å².